The third-order valence-electron chi connectivity index (χ3n) is 3.48. The Balaban J connectivity index is 2.08. The van der Waals surface area contributed by atoms with Gasteiger partial charge in [0.1, 0.15) is 5.75 Å². The maximum Gasteiger partial charge on any atom is 0.161 e. The summed E-state index contributed by atoms with van der Waals surface area (Å²) in [5.74, 6) is 0.868. The summed E-state index contributed by atoms with van der Waals surface area (Å²) in [5, 5.41) is 2.09. The molecule has 0 atom stereocenters. The van der Waals surface area contributed by atoms with E-state index < -0.39 is 0 Å². The van der Waals surface area contributed by atoms with Crippen LogP contribution in [0.3, 0.4) is 0 Å². The van der Waals surface area contributed by atoms with Crippen LogP contribution in [0, 0.1) is 10.9 Å². The highest BCUT2D eigenvalue weighted by Crippen LogP contribution is 2.33. The first-order chi connectivity index (χ1) is 10.7. The van der Waals surface area contributed by atoms with Crippen LogP contribution in [-0.2, 0) is 6.54 Å². The van der Waals surface area contributed by atoms with Gasteiger partial charge < -0.3 is 9.30 Å². The monoisotopic (exact) mass is 328 g/mol. The van der Waals surface area contributed by atoms with E-state index in [1.165, 1.54) is 5.56 Å². The largest absolute Gasteiger partial charge is 0.496 e. The van der Waals surface area contributed by atoms with Crippen molar-refractivity contribution in [1.82, 2.24) is 9.55 Å². The number of aromatic nitrogens is 2. The number of methoxy groups -OCH3 is 1. The summed E-state index contributed by atoms with van der Waals surface area (Å²) in [5.41, 5.74) is 4.44. The predicted molar refractivity (Wildman–Crippen MR) is 93.2 cm³/mol. The van der Waals surface area contributed by atoms with Gasteiger partial charge in [-0.15, -0.1) is 11.3 Å². The molecule has 112 valence electrons. The van der Waals surface area contributed by atoms with Gasteiger partial charge in [-0.05, 0) is 48.5 Å². The topological polar surface area (TPSA) is 27.1 Å². The Kier molecular flexibility index (Phi) is 4.36. The van der Waals surface area contributed by atoms with Gasteiger partial charge in [0.05, 0.1) is 19.3 Å². The average molecular weight is 328 g/mol. The van der Waals surface area contributed by atoms with E-state index in [1.54, 1.807) is 24.6 Å². The summed E-state index contributed by atoms with van der Waals surface area (Å²) in [6.07, 6.45) is 3.65. The van der Waals surface area contributed by atoms with Crippen LogP contribution in [0.4, 0.5) is 0 Å². The molecule has 0 amide bonds. The summed E-state index contributed by atoms with van der Waals surface area (Å²) in [7, 11) is 1.70. The molecule has 5 heteroatoms. The number of rotatable bonds is 4. The molecule has 0 unspecified atom stereocenters. The third kappa shape index (κ3) is 2.96. The number of pyridine rings is 1. The summed E-state index contributed by atoms with van der Waals surface area (Å²) >= 11 is 7.07. The molecule has 2 aromatic heterocycles. The normalized spacial score (nSPS) is 10.6. The molecule has 0 radical (unpaired) electrons. The van der Waals surface area contributed by atoms with Crippen LogP contribution in [0.5, 0.6) is 5.75 Å². The Morgan fingerprint density at radius 1 is 1.32 bits per heavy atom. The molecule has 0 saturated heterocycles. The zero-order valence-electron chi connectivity index (χ0n) is 12.4. The van der Waals surface area contributed by atoms with Gasteiger partial charge in [-0.1, -0.05) is 12.1 Å². The number of nitrogens with zero attached hydrogens (tertiary/aromatic N) is 2. The first-order valence-corrected chi connectivity index (χ1v) is 8.20. The molecule has 0 saturated carbocycles. The van der Waals surface area contributed by atoms with E-state index in [2.05, 4.69) is 40.1 Å². The molecule has 0 aliphatic carbocycles. The van der Waals surface area contributed by atoms with Crippen LogP contribution in [-0.4, -0.2) is 16.7 Å². The Morgan fingerprint density at radius 2 is 2.18 bits per heavy atom. The van der Waals surface area contributed by atoms with Crippen molar-refractivity contribution < 1.29 is 4.74 Å². The van der Waals surface area contributed by atoms with Crippen molar-refractivity contribution >= 4 is 23.6 Å². The fourth-order valence-corrected chi connectivity index (χ4v) is 3.44. The SMILES string of the molecule is COc1cc(C)ccc1-c1csc(=S)n1Cc1cccnc1. The minimum atomic E-state index is 0.711. The van der Waals surface area contributed by atoms with Crippen molar-refractivity contribution in [3.8, 4) is 17.0 Å². The number of benzene rings is 1. The lowest BCUT2D eigenvalue weighted by Gasteiger charge is -2.12. The fraction of sp³-hybridized carbons (Fsp3) is 0.176. The summed E-state index contributed by atoms with van der Waals surface area (Å²) < 4.78 is 8.52. The molecule has 22 heavy (non-hydrogen) atoms. The van der Waals surface area contributed by atoms with Gasteiger partial charge in [0.25, 0.3) is 0 Å². The van der Waals surface area contributed by atoms with Crippen LogP contribution in [0.2, 0.25) is 0 Å². The summed E-state index contributed by atoms with van der Waals surface area (Å²) in [6.45, 7) is 2.77. The maximum atomic E-state index is 5.54. The van der Waals surface area contributed by atoms with Crippen LogP contribution in [0.25, 0.3) is 11.3 Å². The van der Waals surface area contributed by atoms with Crippen molar-refractivity contribution in [2.45, 2.75) is 13.5 Å². The molecular formula is C17H16N2OS2. The van der Waals surface area contributed by atoms with Crippen LogP contribution in [0.1, 0.15) is 11.1 Å². The highest BCUT2D eigenvalue weighted by molar-refractivity contribution is 7.73. The average Bonchev–Trinajstić information content (AvgIpc) is 2.89. The Morgan fingerprint density at radius 3 is 2.91 bits per heavy atom. The van der Waals surface area contributed by atoms with E-state index in [-0.39, 0.29) is 0 Å². The van der Waals surface area contributed by atoms with Crippen molar-refractivity contribution in [3.05, 3.63) is 63.2 Å². The second-order valence-corrected chi connectivity index (χ2v) is 6.54. The minimum Gasteiger partial charge on any atom is -0.496 e. The smallest absolute Gasteiger partial charge is 0.161 e. The van der Waals surface area contributed by atoms with E-state index in [0.29, 0.717) is 6.54 Å². The zero-order chi connectivity index (χ0) is 15.5. The van der Waals surface area contributed by atoms with Crippen LogP contribution >= 0.6 is 23.6 Å². The second kappa shape index (κ2) is 6.42. The van der Waals surface area contributed by atoms with Crippen molar-refractivity contribution in [2.75, 3.05) is 7.11 Å². The van der Waals surface area contributed by atoms with E-state index in [4.69, 9.17) is 17.0 Å². The van der Waals surface area contributed by atoms with Gasteiger partial charge in [-0.3, -0.25) is 4.98 Å². The molecular weight excluding hydrogens is 312 g/mol. The lowest BCUT2D eigenvalue weighted by atomic mass is 10.1. The quantitative estimate of drug-likeness (QED) is 0.649. The van der Waals surface area contributed by atoms with Crippen molar-refractivity contribution in [2.24, 2.45) is 0 Å². The van der Waals surface area contributed by atoms with Crippen LogP contribution < -0.4 is 4.74 Å². The summed E-state index contributed by atoms with van der Waals surface area (Å²) in [4.78, 5) is 4.17. The second-order valence-electron chi connectivity index (χ2n) is 5.04. The van der Waals surface area contributed by atoms with E-state index in [1.807, 2.05) is 18.3 Å². The number of thiazole rings is 1. The first kappa shape index (κ1) is 14.9. The van der Waals surface area contributed by atoms with E-state index >= 15 is 0 Å². The van der Waals surface area contributed by atoms with Gasteiger partial charge in [0.15, 0.2) is 3.95 Å². The molecule has 2 heterocycles. The third-order valence-corrected chi connectivity index (χ3v) is 4.75. The molecule has 0 spiro atoms. The molecule has 1 aromatic carbocycles. The van der Waals surface area contributed by atoms with Gasteiger partial charge in [0, 0.05) is 23.3 Å². The van der Waals surface area contributed by atoms with Gasteiger partial charge >= 0.3 is 0 Å². The van der Waals surface area contributed by atoms with Crippen molar-refractivity contribution in [1.29, 1.82) is 0 Å². The number of hydrogen-bond donors (Lipinski definition) is 0. The maximum absolute atomic E-state index is 5.54. The number of aryl methyl sites for hydroxylation is 1. The van der Waals surface area contributed by atoms with Gasteiger partial charge in [0.2, 0.25) is 0 Å². The Labute approximate surface area is 138 Å². The standard InChI is InChI=1S/C17H16N2OS2/c1-12-5-6-14(16(8-12)20-2)15-11-22-17(21)19(15)10-13-4-3-7-18-9-13/h3-9,11H,10H2,1-2H3. The highest BCUT2D eigenvalue weighted by atomic mass is 32.1. The van der Waals surface area contributed by atoms with E-state index in [0.717, 1.165) is 26.5 Å². The highest BCUT2D eigenvalue weighted by Gasteiger charge is 2.12. The summed E-state index contributed by atoms with van der Waals surface area (Å²) in [6, 6.07) is 10.2. The molecule has 3 rings (SSSR count). The Hall–Kier alpha value is -1.98. The number of ether oxygens (including phenoxy) is 1. The van der Waals surface area contributed by atoms with E-state index in [9.17, 15) is 0 Å². The lowest BCUT2D eigenvalue weighted by Crippen LogP contribution is -2.02. The molecule has 0 N–H and O–H groups in total. The molecule has 0 aliphatic rings. The first-order valence-electron chi connectivity index (χ1n) is 6.91. The Bertz CT molecular complexity index is 837. The van der Waals surface area contributed by atoms with Gasteiger partial charge in [-0.25, -0.2) is 0 Å². The van der Waals surface area contributed by atoms with Crippen LogP contribution in [0.15, 0.2) is 48.1 Å². The minimum absolute atomic E-state index is 0.711. The molecule has 0 bridgehead atoms. The molecule has 3 nitrogen and oxygen atoms in total. The lowest BCUT2D eigenvalue weighted by molar-refractivity contribution is 0.415. The number of hydrogen-bond acceptors (Lipinski definition) is 4. The molecule has 3 aromatic rings. The van der Waals surface area contributed by atoms with Gasteiger partial charge in [-0.2, -0.15) is 0 Å². The zero-order valence-corrected chi connectivity index (χ0v) is 14.1. The molecule has 0 aliphatic heterocycles. The molecule has 0 fully saturated rings. The predicted octanol–water partition coefficient (Wildman–Crippen LogP) is 4.71. The van der Waals surface area contributed by atoms with Crippen molar-refractivity contribution in [3.63, 3.8) is 0 Å². The fourth-order valence-electron chi connectivity index (χ4n) is 2.37.